The zero-order valence-electron chi connectivity index (χ0n) is 16.6. The molecule has 0 aromatic heterocycles. The highest BCUT2D eigenvalue weighted by Gasteiger charge is 2.49. The Balaban J connectivity index is 1.61. The van der Waals surface area contributed by atoms with Gasteiger partial charge in [0, 0.05) is 11.5 Å². The number of hydrogen-bond donors (Lipinski definition) is 3. The topological polar surface area (TPSA) is 46.3 Å². The van der Waals surface area contributed by atoms with Crippen molar-refractivity contribution in [3.05, 3.63) is 69.8 Å². The predicted octanol–water partition coefficient (Wildman–Crippen LogP) is 5.24. The molecule has 0 saturated carbocycles. The van der Waals surface area contributed by atoms with Gasteiger partial charge in [0.25, 0.3) is 0 Å². The van der Waals surface area contributed by atoms with Gasteiger partial charge in [-0.15, -0.1) is 0 Å². The number of thiol groups is 2. The number of nitrogens with two attached hydrogens (primary N) is 1. The van der Waals surface area contributed by atoms with Gasteiger partial charge in [-0.05, 0) is 77.3 Å². The van der Waals surface area contributed by atoms with E-state index in [4.69, 9.17) is 5.73 Å². The fourth-order valence-electron chi connectivity index (χ4n) is 6.11. The Kier molecular flexibility index (Phi) is 5.07. The third-order valence-corrected chi connectivity index (χ3v) is 8.07. The minimum Gasteiger partial charge on any atom is -0.351 e. The number of carbonyl (C=O) groups excluding carboxylic acids is 1. The Morgan fingerprint density at radius 2 is 1.38 bits per heavy atom. The van der Waals surface area contributed by atoms with E-state index >= 15 is 0 Å². The molecule has 29 heavy (non-hydrogen) atoms. The fourth-order valence-corrected chi connectivity index (χ4v) is 6.51. The lowest BCUT2D eigenvalue weighted by molar-refractivity contribution is 0.0134. The van der Waals surface area contributed by atoms with E-state index in [-0.39, 0.29) is 18.1 Å². The molecular formula is C24H28N2OS2. The fraction of sp³-hybridized carbons (Fsp3) is 0.458. The number of amides is 2. The molecule has 0 bridgehead atoms. The van der Waals surface area contributed by atoms with E-state index in [1.165, 1.54) is 39.8 Å². The predicted molar refractivity (Wildman–Crippen MR) is 123 cm³/mol. The van der Waals surface area contributed by atoms with Crippen molar-refractivity contribution in [1.82, 2.24) is 4.90 Å². The van der Waals surface area contributed by atoms with Gasteiger partial charge in [-0.3, -0.25) is 0 Å². The summed E-state index contributed by atoms with van der Waals surface area (Å²) in [6.45, 7) is 0. The Morgan fingerprint density at radius 3 is 1.79 bits per heavy atom. The zero-order valence-corrected chi connectivity index (χ0v) is 18.3. The molecule has 2 N–H and O–H groups in total. The normalized spacial score (nSPS) is 27.4. The monoisotopic (exact) mass is 424 g/mol. The lowest BCUT2D eigenvalue weighted by Crippen LogP contribution is -2.52. The summed E-state index contributed by atoms with van der Waals surface area (Å²) in [5.41, 5.74) is 13.9. The maximum absolute atomic E-state index is 12.9. The summed E-state index contributed by atoms with van der Waals surface area (Å²) in [7, 11) is 0. The zero-order chi connectivity index (χ0) is 20.1. The van der Waals surface area contributed by atoms with Crippen LogP contribution in [-0.2, 0) is 24.3 Å². The number of nitrogens with zero attached hydrogens (tertiary/aromatic N) is 1. The standard InChI is InChI=1S/C24H28N2OS2/c25-24(27)26-22-18(5-3-16-9-14(12-28)1-7-20(16)22)11-19-6-4-17-10-15(13-29)2-8-21(17)23(19)26/h1-2,7-10,18-19,22-23,28-29H,3-6,11-13H2,(H2,25,27). The highest BCUT2D eigenvalue weighted by Crippen LogP contribution is 2.55. The van der Waals surface area contributed by atoms with E-state index in [2.05, 4.69) is 61.7 Å². The van der Waals surface area contributed by atoms with Crippen molar-refractivity contribution < 1.29 is 4.79 Å². The summed E-state index contributed by atoms with van der Waals surface area (Å²) < 4.78 is 0. The van der Waals surface area contributed by atoms with Crippen LogP contribution in [0.15, 0.2) is 36.4 Å². The first-order valence-electron chi connectivity index (χ1n) is 10.6. The number of likely N-dealkylation sites (tertiary alicyclic amines) is 1. The maximum atomic E-state index is 12.9. The molecule has 152 valence electrons. The van der Waals surface area contributed by atoms with Gasteiger partial charge in [0.2, 0.25) is 0 Å². The second-order valence-electron chi connectivity index (χ2n) is 8.85. The quantitative estimate of drug-likeness (QED) is 0.568. The first-order valence-corrected chi connectivity index (χ1v) is 11.9. The molecule has 5 rings (SSSR count). The molecule has 3 aliphatic rings. The van der Waals surface area contributed by atoms with Crippen LogP contribution in [0.5, 0.6) is 0 Å². The summed E-state index contributed by atoms with van der Waals surface area (Å²) in [5.74, 6) is 2.48. The van der Waals surface area contributed by atoms with E-state index in [1.54, 1.807) is 0 Å². The van der Waals surface area contributed by atoms with Crippen molar-refractivity contribution in [2.75, 3.05) is 0 Å². The van der Waals surface area contributed by atoms with Crippen molar-refractivity contribution in [1.29, 1.82) is 0 Å². The lowest BCUT2D eigenvalue weighted by atomic mass is 9.65. The van der Waals surface area contributed by atoms with Crippen LogP contribution in [-0.4, -0.2) is 10.9 Å². The average molecular weight is 425 g/mol. The van der Waals surface area contributed by atoms with E-state index in [9.17, 15) is 4.79 Å². The summed E-state index contributed by atoms with van der Waals surface area (Å²) in [6, 6.07) is 13.2. The molecule has 1 saturated heterocycles. The summed E-state index contributed by atoms with van der Waals surface area (Å²) >= 11 is 8.88. The SMILES string of the molecule is NC(=O)N1C2c3ccc(CS)cc3CCC2CC2CCc3cc(CS)ccc3C21. The highest BCUT2D eigenvalue weighted by molar-refractivity contribution is 7.79. The molecule has 4 unspecified atom stereocenters. The van der Waals surface area contributed by atoms with Crippen LogP contribution >= 0.6 is 25.3 Å². The molecular weight excluding hydrogens is 396 g/mol. The number of carbonyl (C=O) groups is 1. The van der Waals surface area contributed by atoms with Crippen LogP contribution in [0, 0.1) is 11.8 Å². The number of fused-ring (bicyclic) bond motifs is 6. The Hall–Kier alpha value is -1.59. The van der Waals surface area contributed by atoms with Crippen LogP contribution in [0.3, 0.4) is 0 Å². The molecule has 0 spiro atoms. The molecule has 4 atom stereocenters. The van der Waals surface area contributed by atoms with Gasteiger partial charge in [-0.25, -0.2) is 4.79 Å². The van der Waals surface area contributed by atoms with E-state index in [0.717, 1.165) is 37.2 Å². The van der Waals surface area contributed by atoms with E-state index < -0.39 is 0 Å². The minimum absolute atomic E-state index is 0.0852. The second kappa shape index (κ2) is 7.59. The number of primary amides is 1. The first-order chi connectivity index (χ1) is 14.1. The summed E-state index contributed by atoms with van der Waals surface area (Å²) in [4.78, 5) is 14.9. The largest absolute Gasteiger partial charge is 0.351 e. The number of rotatable bonds is 2. The molecule has 3 nitrogen and oxygen atoms in total. The van der Waals surface area contributed by atoms with Crippen LogP contribution < -0.4 is 5.73 Å². The number of urea groups is 1. The number of benzene rings is 2. The third kappa shape index (κ3) is 3.17. The van der Waals surface area contributed by atoms with Crippen molar-refractivity contribution in [2.24, 2.45) is 17.6 Å². The molecule has 1 aliphatic heterocycles. The lowest BCUT2D eigenvalue weighted by Gasteiger charge is -2.54. The number of aryl methyl sites for hydroxylation is 2. The van der Waals surface area contributed by atoms with Gasteiger partial charge in [0.15, 0.2) is 0 Å². The average Bonchev–Trinajstić information content (AvgIpc) is 2.76. The van der Waals surface area contributed by atoms with Gasteiger partial charge in [0.1, 0.15) is 0 Å². The van der Waals surface area contributed by atoms with Gasteiger partial charge in [-0.2, -0.15) is 25.3 Å². The van der Waals surface area contributed by atoms with Gasteiger partial charge < -0.3 is 10.6 Å². The summed E-state index contributed by atoms with van der Waals surface area (Å²) in [6.07, 6.45) is 5.62. The van der Waals surface area contributed by atoms with Crippen LogP contribution in [0.25, 0.3) is 0 Å². The van der Waals surface area contributed by atoms with Gasteiger partial charge in [-0.1, -0.05) is 36.4 Å². The molecule has 2 aromatic carbocycles. The van der Waals surface area contributed by atoms with Crippen LogP contribution in [0.2, 0.25) is 0 Å². The molecule has 2 aliphatic carbocycles. The van der Waals surface area contributed by atoms with E-state index in [1.807, 2.05) is 4.90 Å². The molecule has 0 radical (unpaired) electrons. The first kappa shape index (κ1) is 19.4. The molecule has 2 amide bonds. The van der Waals surface area contributed by atoms with Crippen LogP contribution in [0.1, 0.15) is 64.7 Å². The van der Waals surface area contributed by atoms with Crippen molar-refractivity contribution in [3.63, 3.8) is 0 Å². The number of piperidine rings is 1. The number of hydrogen-bond acceptors (Lipinski definition) is 3. The van der Waals surface area contributed by atoms with Gasteiger partial charge in [0.05, 0.1) is 12.1 Å². The molecule has 1 fully saturated rings. The maximum Gasteiger partial charge on any atom is 0.315 e. The Bertz CT molecular complexity index is 890. The van der Waals surface area contributed by atoms with Crippen molar-refractivity contribution >= 4 is 31.3 Å². The second-order valence-corrected chi connectivity index (χ2v) is 9.48. The molecule has 1 heterocycles. The van der Waals surface area contributed by atoms with Crippen LogP contribution in [0.4, 0.5) is 4.79 Å². The minimum atomic E-state index is -0.285. The van der Waals surface area contributed by atoms with Crippen molar-refractivity contribution in [3.8, 4) is 0 Å². The van der Waals surface area contributed by atoms with Crippen molar-refractivity contribution in [2.45, 2.75) is 55.7 Å². The third-order valence-electron chi connectivity index (χ3n) is 7.34. The smallest absolute Gasteiger partial charge is 0.315 e. The van der Waals surface area contributed by atoms with E-state index in [0.29, 0.717) is 11.8 Å². The Morgan fingerprint density at radius 1 is 0.897 bits per heavy atom. The highest BCUT2D eigenvalue weighted by atomic mass is 32.1. The molecule has 2 aromatic rings. The van der Waals surface area contributed by atoms with Gasteiger partial charge >= 0.3 is 6.03 Å². The Labute approximate surface area is 183 Å². The summed E-state index contributed by atoms with van der Waals surface area (Å²) in [5, 5.41) is 0. The molecule has 5 heteroatoms.